The maximum absolute atomic E-state index is 13.0. The van der Waals surface area contributed by atoms with Gasteiger partial charge in [-0.1, -0.05) is 12.8 Å². The molecule has 2 aromatic rings. The summed E-state index contributed by atoms with van der Waals surface area (Å²) in [7, 11) is -3.68. The number of piperazine rings is 1. The number of hydrogen-bond donors (Lipinski definition) is 1. The molecule has 1 saturated heterocycles. The summed E-state index contributed by atoms with van der Waals surface area (Å²) in [6, 6.07) is 10.0. The highest BCUT2D eigenvalue weighted by Crippen LogP contribution is 2.25. The van der Waals surface area contributed by atoms with E-state index >= 15 is 0 Å². The maximum Gasteiger partial charge on any atom is 0.244 e. The minimum Gasteiger partial charge on any atom is -0.384 e. The van der Waals surface area contributed by atoms with E-state index in [1.165, 1.54) is 22.6 Å². The number of sulfonamides is 1. The van der Waals surface area contributed by atoms with E-state index in [2.05, 4.69) is 21.7 Å². The summed E-state index contributed by atoms with van der Waals surface area (Å²) < 4.78 is 27.4. The Hall–Kier alpha value is -2.89. The molecule has 0 spiro atoms. The van der Waals surface area contributed by atoms with E-state index in [9.17, 15) is 13.2 Å². The first-order chi connectivity index (χ1) is 13.9. The van der Waals surface area contributed by atoms with Gasteiger partial charge < -0.3 is 10.6 Å². The molecule has 1 aromatic heterocycles. The van der Waals surface area contributed by atoms with Crippen molar-refractivity contribution in [2.75, 3.05) is 30.3 Å². The lowest BCUT2D eigenvalue weighted by atomic mass is 10.1. The summed E-state index contributed by atoms with van der Waals surface area (Å²) in [6.45, 7) is 4.62. The SMILES string of the molecule is CC#CC1CN(S(=O)(=O)c2ccc(N)nc2)CCN1c1ccc(C(=O)CC)cc1. The van der Waals surface area contributed by atoms with Crippen LogP contribution in [-0.4, -0.2) is 49.2 Å². The Morgan fingerprint density at radius 3 is 2.52 bits per heavy atom. The zero-order chi connectivity index (χ0) is 21.0. The monoisotopic (exact) mass is 412 g/mol. The molecule has 8 heteroatoms. The first-order valence-electron chi connectivity index (χ1n) is 9.40. The number of ketones is 1. The topological polar surface area (TPSA) is 96.6 Å². The Kier molecular flexibility index (Phi) is 6.20. The van der Waals surface area contributed by atoms with Gasteiger partial charge in [0.2, 0.25) is 10.0 Å². The molecule has 3 rings (SSSR count). The second-order valence-corrected chi connectivity index (χ2v) is 8.65. The second-order valence-electron chi connectivity index (χ2n) is 6.71. The number of pyridine rings is 1. The van der Waals surface area contributed by atoms with Crippen LogP contribution in [-0.2, 0) is 10.0 Å². The molecule has 0 saturated carbocycles. The van der Waals surface area contributed by atoms with Crippen LogP contribution in [0.4, 0.5) is 11.5 Å². The van der Waals surface area contributed by atoms with Gasteiger partial charge in [-0.2, -0.15) is 4.31 Å². The predicted molar refractivity (Wildman–Crippen MR) is 113 cm³/mol. The van der Waals surface area contributed by atoms with Crippen molar-refractivity contribution in [3.8, 4) is 11.8 Å². The van der Waals surface area contributed by atoms with Crippen LogP contribution in [0, 0.1) is 11.8 Å². The molecule has 152 valence electrons. The van der Waals surface area contributed by atoms with E-state index in [4.69, 9.17) is 5.73 Å². The van der Waals surface area contributed by atoms with Gasteiger partial charge in [0.15, 0.2) is 5.78 Å². The van der Waals surface area contributed by atoms with Crippen molar-refractivity contribution in [3.05, 3.63) is 48.2 Å². The highest BCUT2D eigenvalue weighted by atomic mass is 32.2. The summed E-state index contributed by atoms with van der Waals surface area (Å²) >= 11 is 0. The van der Waals surface area contributed by atoms with Gasteiger partial charge in [-0.05, 0) is 43.3 Å². The first kappa shape index (κ1) is 20.8. The Labute approximate surface area is 171 Å². The quantitative estimate of drug-likeness (QED) is 0.597. The summed E-state index contributed by atoms with van der Waals surface area (Å²) in [5.41, 5.74) is 7.15. The number of aromatic nitrogens is 1. The van der Waals surface area contributed by atoms with Gasteiger partial charge in [-0.15, -0.1) is 5.92 Å². The summed E-state index contributed by atoms with van der Waals surface area (Å²) in [5.74, 6) is 6.37. The van der Waals surface area contributed by atoms with Gasteiger partial charge in [-0.3, -0.25) is 4.79 Å². The highest BCUT2D eigenvalue weighted by molar-refractivity contribution is 7.89. The fourth-order valence-corrected chi connectivity index (χ4v) is 4.70. The van der Waals surface area contributed by atoms with Gasteiger partial charge in [-0.25, -0.2) is 13.4 Å². The third-order valence-electron chi connectivity index (χ3n) is 4.89. The second kappa shape index (κ2) is 8.64. The molecule has 29 heavy (non-hydrogen) atoms. The standard InChI is InChI=1S/C21H24N4O3S/c1-3-5-18-15-24(29(27,28)19-10-11-21(22)23-14-19)12-13-25(18)17-8-6-16(7-9-17)20(26)4-2/h6-11,14,18H,4,12-13,15H2,1-2H3,(H2,22,23). The largest absolute Gasteiger partial charge is 0.384 e. The molecule has 0 amide bonds. The molecule has 7 nitrogen and oxygen atoms in total. The van der Waals surface area contributed by atoms with Crippen LogP contribution in [0.5, 0.6) is 0 Å². The molecule has 1 fully saturated rings. The van der Waals surface area contributed by atoms with E-state index in [-0.39, 0.29) is 29.1 Å². The number of benzene rings is 1. The van der Waals surface area contributed by atoms with Gasteiger partial charge in [0.05, 0.1) is 0 Å². The summed E-state index contributed by atoms with van der Waals surface area (Å²) in [6.07, 6.45) is 1.74. The molecule has 1 unspecified atom stereocenters. The molecule has 1 aliphatic rings. The lowest BCUT2D eigenvalue weighted by molar-refractivity contribution is 0.0988. The molecule has 1 aromatic carbocycles. The number of rotatable bonds is 5. The van der Waals surface area contributed by atoms with Crippen molar-refractivity contribution in [1.29, 1.82) is 0 Å². The highest BCUT2D eigenvalue weighted by Gasteiger charge is 2.34. The minimum atomic E-state index is -3.68. The molecular weight excluding hydrogens is 388 g/mol. The Morgan fingerprint density at radius 1 is 1.21 bits per heavy atom. The number of hydrogen-bond acceptors (Lipinski definition) is 6. The average Bonchev–Trinajstić information content (AvgIpc) is 2.74. The van der Waals surface area contributed by atoms with Crippen LogP contribution in [0.2, 0.25) is 0 Å². The summed E-state index contributed by atoms with van der Waals surface area (Å²) in [4.78, 5) is 17.9. The average molecular weight is 413 g/mol. The molecule has 0 radical (unpaired) electrons. The number of carbonyl (C=O) groups is 1. The van der Waals surface area contributed by atoms with E-state index in [0.29, 0.717) is 25.1 Å². The molecule has 0 bridgehead atoms. The van der Waals surface area contributed by atoms with Crippen molar-refractivity contribution >= 4 is 27.3 Å². The van der Waals surface area contributed by atoms with Crippen LogP contribution in [0.15, 0.2) is 47.5 Å². The van der Waals surface area contributed by atoms with Gasteiger partial charge >= 0.3 is 0 Å². The Bertz CT molecular complexity index is 1040. The van der Waals surface area contributed by atoms with E-state index < -0.39 is 10.0 Å². The molecule has 0 aliphatic carbocycles. The van der Waals surface area contributed by atoms with E-state index in [1.54, 1.807) is 19.1 Å². The molecule has 1 aliphatic heterocycles. The van der Waals surface area contributed by atoms with Gasteiger partial charge in [0.1, 0.15) is 16.8 Å². The number of nitrogen functional groups attached to an aromatic ring is 1. The Balaban J connectivity index is 1.83. The Morgan fingerprint density at radius 2 is 1.93 bits per heavy atom. The molecule has 2 heterocycles. The number of anilines is 2. The number of carbonyl (C=O) groups excluding carboxylic acids is 1. The van der Waals surface area contributed by atoms with Gasteiger partial charge in [0, 0.05) is 43.5 Å². The fourth-order valence-electron chi connectivity index (χ4n) is 3.31. The third-order valence-corrected chi connectivity index (χ3v) is 6.74. The zero-order valence-electron chi connectivity index (χ0n) is 16.5. The number of Topliss-reactive ketones (excluding diaryl/α,β-unsaturated/α-hetero) is 1. The maximum atomic E-state index is 13.0. The fraction of sp³-hybridized carbons (Fsp3) is 0.333. The lowest BCUT2D eigenvalue weighted by Crippen LogP contribution is -2.54. The van der Waals surface area contributed by atoms with Crippen molar-refractivity contribution in [2.24, 2.45) is 0 Å². The van der Waals surface area contributed by atoms with Crippen LogP contribution < -0.4 is 10.6 Å². The number of nitrogens with zero attached hydrogens (tertiary/aromatic N) is 3. The van der Waals surface area contributed by atoms with Crippen LogP contribution >= 0.6 is 0 Å². The van der Waals surface area contributed by atoms with Crippen molar-refractivity contribution < 1.29 is 13.2 Å². The first-order valence-corrected chi connectivity index (χ1v) is 10.8. The van der Waals surface area contributed by atoms with Crippen LogP contribution in [0.3, 0.4) is 0 Å². The smallest absolute Gasteiger partial charge is 0.244 e. The van der Waals surface area contributed by atoms with Gasteiger partial charge in [0.25, 0.3) is 0 Å². The minimum absolute atomic E-state index is 0.0921. The third kappa shape index (κ3) is 4.42. The van der Waals surface area contributed by atoms with Crippen molar-refractivity contribution in [2.45, 2.75) is 31.2 Å². The van der Waals surface area contributed by atoms with Crippen LogP contribution in [0.1, 0.15) is 30.6 Å². The van der Waals surface area contributed by atoms with Crippen molar-refractivity contribution in [1.82, 2.24) is 9.29 Å². The zero-order valence-corrected chi connectivity index (χ0v) is 17.3. The van der Waals surface area contributed by atoms with E-state index in [0.717, 1.165) is 5.69 Å². The molecule has 2 N–H and O–H groups in total. The predicted octanol–water partition coefficient (Wildman–Crippen LogP) is 2.16. The molecular formula is C21H24N4O3S. The number of nitrogens with two attached hydrogens (primary N) is 1. The lowest BCUT2D eigenvalue weighted by Gasteiger charge is -2.39. The van der Waals surface area contributed by atoms with E-state index in [1.807, 2.05) is 19.1 Å². The molecule has 1 atom stereocenters. The normalized spacial score (nSPS) is 17.4. The van der Waals surface area contributed by atoms with Crippen LogP contribution in [0.25, 0.3) is 0 Å². The summed E-state index contributed by atoms with van der Waals surface area (Å²) in [5, 5.41) is 0. The van der Waals surface area contributed by atoms with Crippen molar-refractivity contribution in [3.63, 3.8) is 0 Å².